The second-order valence-corrected chi connectivity index (χ2v) is 9.90. The molecule has 0 aliphatic carbocycles. The topological polar surface area (TPSA) is 69.7 Å². The summed E-state index contributed by atoms with van der Waals surface area (Å²) in [6, 6.07) is 8.21. The molecule has 1 aliphatic heterocycles. The van der Waals surface area contributed by atoms with E-state index in [2.05, 4.69) is 5.32 Å². The molecule has 0 spiro atoms. The second kappa shape index (κ2) is 8.89. The fourth-order valence-corrected chi connectivity index (χ4v) is 5.23. The van der Waals surface area contributed by atoms with Gasteiger partial charge in [0.05, 0.1) is 28.0 Å². The lowest BCUT2D eigenvalue weighted by Crippen LogP contribution is -2.50. The second-order valence-electron chi connectivity index (χ2n) is 6.11. The molecule has 3 rings (SSSR count). The Kier molecular flexibility index (Phi) is 6.78. The summed E-state index contributed by atoms with van der Waals surface area (Å²) in [6.07, 6.45) is 0. The molecule has 27 heavy (non-hydrogen) atoms. The van der Waals surface area contributed by atoms with Crippen molar-refractivity contribution in [3.05, 3.63) is 50.6 Å². The van der Waals surface area contributed by atoms with E-state index in [9.17, 15) is 13.2 Å². The van der Waals surface area contributed by atoms with Crippen molar-refractivity contribution in [2.75, 3.05) is 32.7 Å². The number of nitrogens with one attached hydrogen (secondary N) is 1. The molecular weight excluding hydrogens is 429 g/mol. The molecule has 6 nitrogen and oxygen atoms in total. The number of carbonyl (C=O) groups is 1. The normalized spacial score (nSPS) is 16.4. The van der Waals surface area contributed by atoms with E-state index in [1.54, 1.807) is 11.3 Å². The van der Waals surface area contributed by atoms with Crippen LogP contribution >= 0.6 is 34.5 Å². The fraction of sp³-hybridized carbons (Fsp3) is 0.353. The Labute approximate surface area is 172 Å². The van der Waals surface area contributed by atoms with Gasteiger partial charge in [0.2, 0.25) is 15.9 Å². The van der Waals surface area contributed by atoms with Gasteiger partial charge in [-0.2, -0.15) is 4.31 Å². The number of sulfonamides is 1. The number of thiophene rings is 1. The van der Waals surface area contributed by atoms with Crippen molar-refractivity contribution in [2.45, 2.75) is 11.4 Å². The third-order valence-corrected chi connectivity index (χ3v) is 7.78. The highest BCUT2D eigenvalue weighted by Crippen LogP contribution is 2.27. The highest BCUT2D eigenvalue weighted by atomic mass is 35.5. The molecule has 0 radical (unpaired) electrons. The van der Waals surface area contributed by atoms with Gasteiger partial charge in [0.15, 0.2) is 0 Å². The first-order chi connectivity index (χ1) is 12.9. The van der Waals surface area contributed by atoms with Crippen LogP contribution in [0.1, 0.15) is 4.88 Å². The van der Waals surface area contributed by atoms with Gasteiger partial charge in [-0.15, -0.1) is 11.3 Å². The summed E-state index contributed by atoms with van der Waals surface area (Å²) in [4.78, 5) is 15.2. The van der Waals surface area contributed by atoms with Gasteiger partial charge >= 0.3 is 0 Å². The Hall–Kier alpha value is -1.16. The molecule has 2 aromatic rings. The van der Waals surface area contributed by atoms with Crippen LogP contribution in [0.2, 0.25) is 10.0 Å². The predicted octanol–water partition coefficient (Wildman–Crippen LogP) is 2.68. The number of nitrogens with zero attached hydrogens (tertiary/aromatic N) is 2. The molecule has 1 amide bonds. The van der Waals surface area contributed by atoms with Crippen LogP contribution in [-0.2, 0) is 21.4 Å². The van der Waals surface area contributed by atoms with Gasteiger partial charge in [-0.25, -0.2) is 8.42 Å². The Morgan fingerprint density at radius 2 is 1.85 bits per heavy atom. The number of amides is 1. The third-order valence-electron chi connectivity index (χ3n) is 4.27. The van der Waals surface area contributed by atoms with Crippen molar-refractivity contribution in [2.24, 2.45) is 0 Å². The molecular formula is C17H19Cl2N3O3S2. The van der Waals surface area contributed by atoms with E-state index in [0.717, 1.165) is 4.88 Å². The monoisotopic (exact) mass is 447 g/mol. The van der Waals surface area contributed by atoms with Crippen molar-refractivity contribution in [3.63, 3.8) is 0 Å². The summed E-state index contributed by atoms with van der Waals surface area (Å²) < 4.78 is 26.9. The minimum absolute atomic E-state index is 0.0656. The number of piperazine rings is 1. The quantitative estimate of drug-likeness (QED) is 0.738. The molecule has 1 aliphatic rings. The highest BCUT2D eigenvalue weighted by Gasteiger charge is 2.29. The first-order valence-electron chi connectivity index (χ1n) is 8.33. The molecule has 0 unspecified atom stereocenters. The van der Waals surface area contributed by atoms with Crippen LogP contribution in [0.5, 0.6) is 0 Å². The average Bonchev–Trinajstić information content (AvgIpc) is 3.16. The summed E-state index contributed by atoms with van der Waals surface area (Å²) in [5.74, 6) is -0.0656. The van der Waals surface area contributed by atoms with Crippen LogP contribution in [0.4, 0.5) is 0 Å². The zero-order valence-electron chi connectivity index (χ0n) is 14.4. The summed E-state index contributed by atoms with van der Waals surface area (Å²) >= 11 is 13.4. The van der Waals surface area contributed by atoms with E-state index in [0.29, 0.717) is 37.7 Å². The predicted molar refractivity (Wildman–Crippen MR) is 108 cm³/mol. The lowest BCUT2D eigenvalue weighted by molar-refractivity contribution is -0.122. The standard InChI is InChI=1S/C17H19Cl2N3O3S2/c18-15-4-3-14(10-16(15)19)27(24,25)22-7-5-21(6-8-22)12-17(23)20-11-13-2-1-9-26-13/h1-4,9-10H,5-8,11-12H2,(H,20,23). The van der Waals surface area contributed by atoms with Gasteiger partial charge in [0.25, 0.3) is 0 Å². The summed E-state index contributed by atoms with van der Waals surface area (Å²) in [6.45, 7) is 2.40. The van der Waals surface area contributed by atoms with E-state index < -0.39 is 10.0 Å². The van der Waals surface area contributed by atoms with Gasteiger partial charge in [0.1, 0.15) is 0 Å². The SMILES string of the molecule is O=C(CN1CCN(S(=O)(=O)c2ccc(Cl)c(Cl)c2)CC1)NCc1cccs1. The molecule has 146 valence electrons. The minimum Gasteiger partial charge on any atom is -0.350 e. The summed E-state index contributed by atoms with van der Waals surface area (Å²) in [5, 5.41) is 5.37. The Morgan fingerprint density at radius 1 is 1.11 bits per heavy atom. The first-order valence-corrected chi connectivity index (χ1v) is 11.4. The van der Waals surface area contributed by atoms with Crippen molar-refractivity contribution in [1.29, 1.82) is 0 Å². The number of hydrogen-bond donors (Lipinski definition) is 1. The van der Waals surface area contributed by atoms with E-state index in [1.807, 2.05) is 22.4 Å². The van der Waals surface area contributed by atoms with Crippen LogP contribution < -0.4 is 5.32 Å². The lowest BCUT2D eigenvalue weighted by Gasteiger charge is -2.33. The van der Waals surface area contributed by atoms with Crippen LogP contribution in [0, 0.1) is 0 Å². The molecule has 1 aromatic carbocycles. The maximum absolute atomic E-state index is 12.7. The van der Waals surface area contributed by atoms with Gasteiger partial charge in [-0.05, 0) is 29.6 Å². The number of carbonyl (C=O) groups excluding carboxylic acids is 1. The molecule has 1 N–H and O–H groups in total. The van der Waals surface area contributed by atoms with E-state index in [-0.39, 0.29) is 22.4 Å². The van der Waals surface area contributed by atoms with Crippen LogP contribution in [0.3, 0.4) is 0 Å². The van der Waals surface area contributed by atoms with Crippen LogP contribution in [0.25, 0.3) is 0 Å². The summed E-state index contributed by atoms with van der Waals surface area (Å²) in [5.41, 5.74) is 0. The Balaban J connectivity index is 1.51. The highest BCUT2D eigenvalue weighted by molar-refractivity contribution is 7.89. The summed E-state index contributed by atoms with van der Waals surface area (Å²) in [7, 11) is -3.63. The minimum atomic E-state index is -3.63. The van der Waals surface area contributed by atoms with Crippen molar-refractivity contribution in [3.8, 4) is 0 Å². The largest absolute Gasteiger partial charge is 0.350 e. The van der Waals surface area contributed by atoms with Gasteiger partial charge in [0, 0.05) is 31.1 Å². The molecule has 0 atom stereocenters. The van der Waals surface area contributed by atoms with Gasteiger partial charge in [-0.1, -0.05) is 29.3 Å². The molecule has 1 saturated heterocycles. The first kappa shape index (κ1) is 20.6. The van der Waals surface area contributed by atoms with Gasteiger partial charge in [-0.3, -0.25) is 9.69 Å². The third kappa shape index (κ3) is 5.22. The fourth-order valence-electron chi connectivity index (χ4n) is 2.77. The van der Waals surface area contributed by atoms with Crippen molar-refractivity contribution >= 4 is 50.5 Å². The number of halogens is 2. The number of hydrogen-bond acceptors (Lipinski definition) is 5. The van der Waals surface area contributed by atoms with Crippen molar-refractivity contribution < 1.29 is 13.2 Å². The van der Waals surface area contributed by atoms with Crippen LogP contribution in [0.15, 0.2) is 40.6 Å². The zero-order valence-corrected chi connectivity index (χ0v) is 17.5. The zero-order chi connectivity index (χ0) is 19.4. The lowest BCUT2D eigenvalue weighted by atomic mass is 10.3. The molecule has 2 heterocycles. The maximum Gasteiger partial charge on any atom is 0.243 e. The van der Waals surface area contributed by atoms with Crippen molar-refractivity contribution in [1.82, 2.24) is 14.5 Å². The molecule has 0 saturated carbocycles. The smallest absolute Gasteiger partial charge is 0.243 e. The maximum atomic E-state index is 12.7. The molecule has 10 heteroatoms. The van der Waals surface area contributed by atoms with E-state index >= 15 is 0 Å². The van der Waals surface area contributed by atoms with E-state index in [1.165, 1.54) is 22.5 Å². The van der Waals surface area contributed by atoms with E-state index in [4.69, 9.17) is 23.2 Å². The molecule has 0 bridgehead atoms. The number of rotatable bonds is 6. The van der Waals surface area contributed by atoms with Gasteiger partial charge < -0.3 is 5.32 Å². The molecule has 1 aromatic heterocycles. The Bertz CT molecular complexity index is 896. The average molecular weight is 448 g/mol. The van der Waals surface area contributed by atoms with Crippen LogP contribution in [-0.4, -0.2) is 56.3 Å². The number of benzene rings is 1. The Morgan fingerprint density at radius 3 is 2.48 bits per heavy atom. The molecule has 1 fully saturated rings.